The molecule has 0 saturated carbocycles. The molecule has 0 radical (unpaired) electrons. The highest BCUT2D eigenvalue weighted by Crippen LogP contribution is 2.31. The topological polar surface area (TPSA) is 66.5 Å². The van der Waals surface area contributed by atoms with E-state index in [0.29, 0.717) is 10.5 Å². The zero-order valence-corrected chi connectivity index (χ0v) is 14.2. The zero-order chi connectivity index (χ0) is 17.6. The molecule has 1 heterocycles. The fourth-order valence-corrected chi connectivity index (χ4v) is 3.23. The molecule has 3 amide bonds. The smallest absolute Gasteiger partial charge is 0.293 e. The van der Waals surface area contributed by atoms with Crippen LogP contribution in [0.1, 0.15) is 15.9 Å². The van der Waals surface area contributed by atoms with Crippen molar-refractivity contribution in [3.63, 3.8) is 0 Å². The van der Waals surface area contributed by atoms with Crippen molar-refractivity contribution < 1.29 is 14.4 Å². The maximum Gasteiger partial charge on any atom is 0.293 e. The van der Waals surface area contributed by atoms with E-state index in [0.717, 1.165) is 22.2 Å². The quantitative estimate of drug-likeness (QED) is 0.840. The van der Waals surface area contributed by atoms with Crippen molar-refractivity contribution in [3.05, 3.63) is 76.7 Å². The number of hydrogen-bond acceptors (Lipinski definition) is 4. The van der Waals surface area contributed by atoms with Crippen molar-refractivity contribution in [1.29, 1.82) is 0 Å². The van der Waals surface area contributed by atoms with Gasteiger partial charge in [0.05, 0.1) is 4.91 Å². The van der Waals surface area contributed by atoms with E-state index in [1.54, 1.807) is 30.3 Å². The predicted molar refractivity (Wildman–Crippen MR) is 97.9 cm³/mol. The fraction of sp³-hybridized carbons (Fsp3) is 0.105. The van der Waals surface area contributed by atoms with E-state index in [-0.39, 0.29) is 30.1 Å². The van der Waals surface area contributed by atoms with Crippen molar-refractivity contribution >= 4 is 34.9 Å². The highest BCUT2D eigenvalue weighted by Gasteiger charge is 2.34. The standard InChI is InChI=1S/C19H16N2O3S/c22-17(15-9-5-2-6-10-15)20-11-12-21-18(23)16(25-19(21)24)13-14-7-3-1-4-8-14/h1-10,13H,11-12H2,(H,20,22)/b16-13-. The van der Waals surface area contributed by atoms with Crippen LogP contribution in [0.15, 0.2) is 65.6 Å². The van der Waals surface area contributed by atoms with Crippen LogP contribution in [0.3, 0.4) is 0 Å². The Hall–Kier alpha value is -2.86. The molecule has 1 aliphatic rings. The highest BCUT2D eigenvalue weighted by molar-refractivity contribution is 8.18. The van der Waals surface area contributed by atoms with Gasteiger partial charge in [0.2, 0.25) is 0 Å². The lowest BCUT2D eigenvalue weighted by molar-refractivity contribution is -0.122. The van der Waals surface area contributed by atoms with E-state index in [4.69, 9.17) is 0 Å². The van der Waals surface area contributed by atoms with Crippen LogP contribution < -0.4 is 5.32 Å². The molecular weight excluding hydrogens is 336 g/mol. The first kappa shape index (κ1) is 17.0. The predicted octanol–water partition coefficient (Wildman–Crippen LogP) is 3.15. The lowest BCUT2D eigenvalue weighted by Crippen LogP contribution is -2.37. The first-order chi connectivity index (χ1) is 12.1. The Labute approximate surface area is 149 Å². The number of imide groups is 1. The van der Waals surface area contributed by atoms with E-state index in [1.807, 2.05) is 36.4 Å². The van der Waals surface area contributed by atoms with Crippen LogP contribution in [0.4, 0.5) is 4.79 Å². The van der Waals surface area contributed by atoms with Crippen LogP contribution in [0.2, 0.25) is 0 Å². The summed E-state index contributed by atoms with van der Waals surface area (Å²) >= 11 is 0.918. The minimum absolute atomic E-state index is 0.148. The second kappa shape index (κ2) is 7.81. The van der Waals surface area contributed by atoms with Gasteiger partial charge in [0.15, 0.2) is 0 Å². The summed E-state index contributed by atoms with van der Waals surface area (Å²) in [6, 6.07) is 18.2. The summed E-state index contributed by atoms with van der Waals surface area (Å²) in [6.07, 6.45) is 1.70. The van der Waals surface area contributed by atoms with Crippen LogP contribution in [0.25, 0.3) is 6.08 Å². The summed E-state index contributed by atoms with van der Waals surface area (Å²) in [4.78, 5) is 37.9. The number of benzene rings is 2. The van der Waals surface area contributed by atoms with Crippen molar-refractivity contribution in [3.8, 4) is 0 Å². The second-order valence-corrected chi connectivity index (χ2v) is 6.36. The third kappa shape index (κ3) is 4.16. The van der Waals surface area contributed by atoms with Crippen LogP contribution in [0.5, 0.6) is 0 Å². The van der Waals surface area contributed by atoms with Gasteiger partial charge < -0.3 is 5.32 Å². The van der Waals surface area contributed by atoms with Crippen molar-refractivity contribution in [1.82, 2.24) is 10.2 Å². The zero-order valence-electron chi connectivity index (χ0n) is 13.3. The summed E-state index contributed by atoms with van der Waals surface area (Å²) in [7, 11) is 0. The molecule has 0 bridgehead atoms. The molecule has 2 aromatic rings. The van der Waals surface area contributed by atoms with Gasteiger partial charge in [0.25, 0.3) is 17.1 Å². The molecule has 1 fully saturated rings. The van der Waals surface area contributed by atoms with Gasteiger partial charge >= 0.3 is 0 Å². The molecule has 1 saturated heterocycles. The number of carbonyl (C=O) groups excluding carboxylic acids is 3. The van der Waals surface area contributed by atoms with Gasteiger partial charge in [-0.25, -0.2) is 0 Å². The maximum atomic E-state index is 12.4. The molecular formula is C19H16N2O3S. The first-order valence-corrected chi connectivity index (χ1v) is 8.60. The fourth-order valence-electron chi connectivity index (χ4n) is 2.37. The number of hydrogen-bond donors (Lipinski definition) is 1. The van der Waals surface area contributed by atoms with Crippen LogP contribution in [0, 0.1) is 0 Å². The van der Waals surface area contributed by atoms with E-state index < -0.39 is 0 Å². The Kier molecular flexibility index (Phi) is 5.30. The van der Waals surface area contributed by atoms with Gasteiger partial charge in [0, 0.05) is 18.7 Å². The van der Waals surface area contributed by atoms with E-state index in [9.17, 15) is 14.4 Å². The van der Waals surface area contributed by atoms with Crippen LogP contribution in [-0.2, 0) is 4.79 Å². The van der Waals surface area contributed by atoms with E-state index >= 15 is 0 Å². The monoisotopic (exact) mass is 352 g/mol. The van der Waals surface area contributed by atoms with Crippen molar-refractivity contribution in [2.24, 2.45) is 0 Å². The van der Waals surface area contributed by atoms with Gasteiger partial charge in [-0.1, -0.05) is 48.5 Å². The lowest BCUT2D eigenvalue weighted by Gasteiger charge is -2.13. The Morgan fingerprint density at radius 2 is 1.64 bits per heavy atom. The molecule has 0 aromatic heterocycles. The Balaban J connectivity index is 1.58. The number of nitrogens with one attached hydrogen (secondary N) is 1. The summed E-state index contributed by atoms with van der Waals surface area (Å²) < 4.78 is 0. The van der Waals surface area contributed by atoms with Gasteiger partial charge in [-0.3, -0.25) is 19.3 Å². The molecule has 0 atom stereocenters. The van der Waals surface area contributed by atoms with Gasteiger partial charge in [-0.05, 0) is 35.5 Å². The molecule has 2 aromatic carbocycles. The number of thioether (sulfide) groups is 1. The van der Waals surface area contributed by atoms with Gasteiger partial charge in [-0.15, -0.1) is 0 Å². The first-order valence-electron chi connectivity index (χ1n) is 7.79. The Morgan fingerprint density at radius 3 is 2.32 bits per heavy atom. The molecule has 1 aliphatic heterocycles. The summed E-state index contributed by atoms with van der Waals surface area (Å²) in [5.41, 5.74) is 1.41. The van der Waals surface area contributed by atoms with Crippen LogP contribution >= 0.6 is 11.8 Å². The Bertz CT molecular complexity index is 819. The minimum Gasteiger partial charge on any atom is -0.350 e. The Morgan fingerprint density at radius 1 is 1.00 bits per heavy atom. The molecule has 126 valence electrons. The number of rotatable bonds is 5. The average Bonchev–Trinajstić information content (AvgIpc) is 2.90. The number of carbonyl (C=O) groups is 3. The summed E-state index contributed by atoms with van der Waals surface area (Å²) in [6.45, 7) is 0.361. The largest absolute Gasteiger partial charge is 0.350 e. The van der Waals surface area contributed by atoms with E-state index in [2.05, 4.69) is 5.32 Å². The third-order valence-electron chi connectivity index (χ3n) is 3.63. The lowest BCUT2D eigenvalue weighted by atomic mass is 10.2. The molecule has 0 unspecified atom stereocenters. The van der Waals surface area contributed by atoms with Gasteiger partial charge in [-0.2, -0.15) is 0 Å². The molecule has 0 spiro atoms. The van der Waals surface area contributed by atoms with E-state index in [1.165, 1.54) is 0 Å². The summed E-state index contributed by atoms with van der Waals surface area (Å²) in [5.74, 6) is -0.555. The molecule has 5 nitrogen and oxygen atoms in total. The van der Waals surface area contributed by atoms with Crippen molar-refractivity contribution in [2.45, 2.75) is 0 Å². The SMILES string of the molecule is O=C(NCCN1C(=O)S/C(=C\c2ccccc2)C1=O)c1ccccc1. The molecule has 1 N–H and O–H groups in total. The second-order valence-electron chi connectivity index (χ2n) is 5.37. The van der Waals surface area contributed by atoms with Crippen molar-refractivity contribution in [2.75, 3.05) is 13.1 Å². The van der Waals surface area contributed by atoms with Crippen LogP contribution in [-0.4, -0.2) is 35.0 Å². The minimum atomic E-state index is -0.326. The molecule has 0 aliphatic carbocycles. The summed E-state index contributed by atoms with van der Waals surface area (Å²) in [5, 5.41) is 2.40. The number of nitrogens with zero attached hydrogens (tertiary/aromatic N) is 1. The molecule has 25 heavy (non-hydrogen) atoms. The normalized spacial score (nSPS) is 15.7. The molecule has 6 heteroatoms. The maximum absolute atomic E-state index is 12.4. The third-order valence-corrected chi connectivity index (χ3v) is 4.54. The number of amides is 3. The molecule has 3 rings (SSSR count). The van der Waals surface area contributed by atoms with Gasteiger partial charge in [0.1, 0.15) is 0 Å². The highest BCUT2D eigenvalue weighted by atomic mass is 32.2. The average molecular weight is 352 g/mol.